The Morgan fingerprint density at radius 1 is 1.38 bits per heavy atom. The molecular weight excluding hydrogens is 382 g/mol. The van der Waals surface area contributed by atoms with Crippen molar-refractivity contribution in [3.63, 3.8) is 0 Å². The number of ether oxygens (including phenoxy) is 3. The molecule has 24 heavy (non-hydrogen) atoms. The Hall–Kier alpha value is -2.06. The van der Waals surface area contributed by atoms with E-state index in [9.17, 15) is 9.59 Å². The van der Waals surface area contributed by atoms with Crippen molar-refractivity contribution in [2.45, 2.75) is 0 Å². The van der Waals surface area contributed by atoms with Gasteiger partial charge >= 0.3 is 5.97 Å². The summed E-state index contributed by atoms with van der Waals surface area (Å²) in [6, 6.07) is 3.33. The highest BCUT2D eigenvalue weighted by Gasteiger charge is 2.19. The molecule has 0 spiro atoms. The zero-order valence-corrected chi connectivity index (χ0v) is 14.7. The maximum absolute atomic E-state index is 12.1. The van der Waals surface area contributed by atoms with Gasteiger partial charge in [0, 0.05) is 19.2 Å². The monoisotopic (exact) mass is 399 g/mol. The van der Waals surface area contributed by atoms with Crippen molar-refractivity contribution >= 4 is 33.9 Å². The van der Waals surface area contributed by atoms with Gasteiger partial charge in [-0.2, -0.15) is 0 Å². The van der Waals surface area contributed by atoms with E-state index in [1.54, 1.807) is 17.0 Å². The minimum absolute atomic E-state index is 0.112. The third-order valence-corrected chi connectivity index (χ3v) is 3.96. The van der Waals surface area contributed by atoms with Gasteiger partial charge in [0.15, 0.2) is 18.1 Å². The van der Waals surface area contributed by atoms with Crippen LogP contribution >= 0.6 is 15.9 Å². The molecule has 1 aliphatic heterocycles. The number of halogens is 1. The van der Waals surface area contributed by atoms with Gasteiger partial charge in [-0.15, -0.1) is 0 Å². The van der Waals surface area contributed by atoms with Gasteiger partial charge in [-0.25, -0.2) is 4.79 Å². The topological polar surface area (TPSA) is 85.3 Å². The second kappa shape index (κ2) is 8.70. The Bertz CT molecular complexity index is 640. The molecule has 0 atom stereocenters. The van der Waals surface area contributed by atoms with Crippen LogP contribution in [0.3, 0.4) is 0 Å². The maximum Gasteiger partial charge on any atom is 0.328 e. The Labute approximate surface area is 147 Å². The minimum atomic E-state index is -1.04. The summed E-state index contributed by atoms with van der Waals surface area (Å²) < 4.78 is 16.7. The van der Waals surface area contributed by atoms with E-state index in [1.807, 2.05) is 0 Å². The van der Waals surface area contributed by atoms with E-state index >= 15 is 0 Å². The van der Waals surface area contributed by atoms with Crippen LogP contribution in [0.15, 0.2) is 22.7 Å². The number of rotatable bonds is 6. The van der Waals surface area contributed by atoms with E-state index in [-0.39, 0.29) is 12.5 Å². The molecule has 0 aromatic heterocycles. The Balaban J connectivity index is 2.08. The van der Waals surface area contributed by atoms with E-state index in [0.717, 1.165) is 6.08 Å². The zero-order valence-electron chi connectivity index (χ0n) is 13.2. The predicted octanol–water partition coefficient (Wildman–Crippen LogP) is 1.79. The number of aliphatic carboxylic acids is 1. The minimum Gasteiger partial charge on any atom is -0.493 e. The van der Waals surface area contributed by atoms with Crippen LogP contribution in [-0.2, 0) is 14.3 Å². The number of nitrogens with zero attached hydrogens (tertiary/aromatic N) is 1. The summed E-state index contributed by atoms with van der Waals surface area (Å²) in [6.45, 7) is 2.06. The number of benzene rings is 1. The number of hydrogen-bond acceptors (Lipinski definition) is 5. The second-order valence-corrected chi connectivity index (χ2v) is 5.84. The average molecular weight is 400 g/mol. The summed E-state index contributed by atoms with van der Waals surface area (Å²) in [5.41, 5.74) is 0.632. The highest BCUT2D eigenvalue weighted by molar-refractivity contribution is 9.10. The van der Waals surface area contributed by atoms with Crippen molar-refractivity contribution in [3.8, 4) is 11.5 Å². The lowest BCUT2D eigenvalue weighted by Crippen LogP contribution is -2.43. The molecule has 7 nitrogen and oxygen atoms in total. The molecule has 1 aromatic carbocycles. The van der Waals surface area contributed by atoms with E-state index in [1.165, 1.54) is 13.2 Å². The van der Waals surface area contributed by atoms with Crippen molar-refractivity contribution in [2.75, 3.05) is 40.0 Å². The van der Waals surface area contributed by atoms with Gasteiger partial charge in [-0.3, -0.25) is 4.79 Å². The summed E-state index contributed by atoms with van der Waals surface area (Å²) in [6.07, 6.45) is 2.47. The number of carboxylic acid groups (broad SMARTS) is 1. The number of morpholine rings is 1. The Morgan fingerprint density at radius 3 is 2.71 bits per heavy atom. The molecule has 0 unspecified atom stereocenters. The SMILES string of the molecule is COc1cc(C=CC(=O)O)cc(Br)c1OCC(=O)N1CCOCC1. The van der Waals surface area contributed by atoms with Gasteiger partial charge in [0.1, 0.15) is 0 Å². The highest BCUT2D eigenvalue weighted by atomic mass is 79.9. The lowest BCUT2D eigenvalue weighted by molar-refractivity contribution is -0.137. The third-order valence-electron chi connectivity index (χ3n) is 3.37. The number of amides is 1. The molecule has 0 saturated carbocycles. The Morgan fingerprint density at radius 2 is 2.08 bits per heavy atom. The highest BCUT2D eigenvalue weighted by Crippen LogP contribution is 2.37. The lowest BCUT2D eigenvalue weighted by Gasteiger charge is -2.27. The number of hydrogen-bond donors (Lipinski definition) is 1. The first-order valence-corrected chi connectivity index (χ1v) is 8.07. The molecule has 1 N–H and O–H groups in total. The van der Waals surface area contributed by atoms with E-state index in [4.69, 9.17) is 19.3 Å². The fourth-order valence-corrected chi connectivity index (χ4v) is 2.76. The standard InChI is InChI=1S/C16H18BrNO6/c1-22-13-9-11(2-3-15(20)21)8-12(17)16(13)24-10-14(19)18-4-6-23-7-5-18/h2-3,8-9H,4-7,10H2,1H3,(H,20,21). The lowest BCUT2D eigenvalue weighted by atomic mass is 10.2. The van der Waals surface area contributed by atoms with Gasteiger partial charge < -0.3 is 24.2 Å². The number of methoxy groups -OCH3 is 1. The van der Waals surface area contributed by atoms with Crippen molar-refractivity contribution < 1.29 is 28.9 Å². The first-order valence-electron chi connectivity index (χ1n) is 7.28. The van der Waals surface area contributed by atoms with Crippen LogP contribution in [-0.4, -0.2) is 61.9 Å². The number of carbonyl (C=O) groups excluding carboxylic acids is 1. The fourth-order valence-electron chi connectivity index (χ4n) is 2.18. The van der Waals surface area contributed by atoms with E-state index < -0.39 is 5.97 Å². The predicted molar refractivity (Wildman–Crippen MR) is 90.3 cm³/mol. The molecule has 130 valence electrons. The average Bonchev–Trinajstić information content (AvgIpc) is 2.59. The first kappa shape index (κ1) is 18.3. The molecule has 1 aromatic rings. The van der Waals surface area contributed by atoms with Gasteiger partial charge in [0.25, 0.3) is 5.91 Å². The van der Waals surface area contributed by atoms with Crippen molar-refractivity contribution in [1.29, 1.82) is 0 Å². The van der Waals surface area contributed by atoms with Crippen LogP contribution < -0.4 is 9.47 Å². The van der Waals surface area contributed by atoms with E-state index in [2.05, 4.69) is 15.9 Å². The zero-order chi connectivity index (χ0) is 17.5. The fraction of sp³-hybridized carbons (Fsp3) is 0.375. The van der Waals surface area contributed by atoms with Crippen LogP contribution in [0.5, 0.6) is 11.5 Å². The normalized spacial score (nSPS) is 14.7. The van der Waals surface area contributed by atoms with Gasteiger partial charge in [-0.05, 0) is 39.7 Å². The molecule has 1 heterocycles. The molecule has 2 rings (SSSR count). The quantitative estimate of drug-likeness (QED) is 0.733. The van der Waals surface area contributed by atoms with Crippen molar-refractivity contribution in [1.82, 2.24) is 4.90 Å². The van der Waals surface area contributed by atoms with Gasteiger partial charge in [0.05, 0.1) is 24.8 Å². The molecule has 1 fully saturated rings. The van der Waals surface area contributed by atoms with Crippen LogP contribution in [0.25, 0.3) is 6.08 Å². The van der Waals surface area contributed by atoms with E-state index in [0.29, 0.717) is 47.8 Å². The van der Waals surface area contributed by atoms with Gasteiger partial charge in [-0.1, -0.05) is 0 Å². The van der Waals surface area contributed by atoms with Crippen molar-refractivity contribution in [3.05, 3.63) is 28.2 Å². The van der Waals surface area contributed by atoms with Crippen molar-refractivity contribution in [2.24, 2.45) is 0 Å². The van der Waals surface area contributed by atoms with Crippen LogP contribution in [0.2, 0.25) is 0 Å². The number of carboxylic acids is 1. The maximum atomic E-state index is 12.1. The molecule has 1 amide bonds. The summed E-state index contributed by atoms with van der Waals surface area (Å²) in [4.78, 5) is 24.4. The summed E-state index contributed by atoms with van der Waals surface area (Å²) in [5.74, 6) is -0.362. The molecule has 0 radical (unpaired) electrons. The van der Waals surface area contributed by atoms with Gasteiger partial charge in [0.2, 0.25) is 0 Å². The summed E-state index contributed by atoms with van der Waals surface area (Å²) >= 11 is 3.36. The molecule has 8 heteroatoms. The molecule has 0 bridgehead atoms. The third kappa shape index (κ3) is 4.97. The van der Waals surface area contributed by atoms with Crippen LogP contribution in [0, 0.1) is 0 Å². The van der Waals surface area contributed by atoms with Crippen LogP contribution in [0.1, 0.15) is 5.56 Å². The van der Waals surface area contributed by atoms with Crippen LogP contribution in [0.4, 0.5) is 0 Å². The molecule has 1 aliphatic rings. The summed E-state index contributed by atoms with van der Waals surface area (Å²) in [7, 11) is 1.48. The molecular formula is C16H18BrNO6. The largest absolute Gasteiger partial charge is 0.493 e. The molecule has 0 aliphatic carbocycles. The second-order valence-electron chi connectivity index (χ2n) is 4.99. The smallest absolute Gasteiger partial charge is 0.328 e. The first-order chi connectivity index (χ1) is 11.5. The summed E-state index contributed by atoms with van der Waals surface area (Å²) in [5, 5.41) is 8.69. The molecule has 1 saturated heterocycles. The number of carbonyl (C=O) groups is 2. The Kier molecular flexibility index (Phi) is 6.62.